The zero-order valence-electron chi connectivity index (χ0n) is 63.2. The van der Waals surface area contributed by atoms with Gasteiger partial charge in [-0.2, -0.15) is 0 Å². The maximum atomic E-state index is 13.1. The van der Waals surface area contributed by atoms with Crippen LogP contribution in [0.5, 0.6) is 0 Å². The second kappa shape index (κ2) is 71.1. The number of aliphatic hydroxyl groups is 1. The number of phosphoric acid groups is 2. The molecule has 0 saturated heterocycles. The average Bonchev–Trinajstić information content (AvgIpc) is 2.17. The van der Waals surface area contributed by atoms with E-state index >= 15 is 0 Å². The molecular formula is C78H152O17P2. The second-order valence-corrected chi connectivity index (χ2v) is 31.5. The van der Waals surface area contributed by atoms with Crippen LogP contribution in [0, 0.1) is 5.92 Å². The van der Waals surface area contributed by atoms with E-state index < -0.39 is 97.5 Å². The molecule has 0 aliphatic heterocycles. The third-order valence-electron chi connectivity index (χ3n) is 18.3. The molecule has 17 nitrogen and oxygen atoms in total. The maximum Gasteiger partial charge on any atom is 0.472 e. The molecular weight excluding hydrogens is 1270 g/mol. The summed E-state index contributed by atoms with van der Waals surface area (Å²) in [4.78, 5) is 72.8. The van der Waals surface area contributed by atoms with Crippen molar-refractivity contribution in [3.63, 3.8) is 0 Å². The highest BCUT2D eigenvalue weighted by Crippen LogP contribution is 2.45. The number of carbonyl (C=O) groups is 4. The van der Waals surface area contributed by atoms with E-state index in [1.807, 2.05) is 0 Å². The number of unbranched alkanes of at least 4 members (excludes halogenated alkanes) is 50. The van der Waals surface area contributed by atoms with Gasteiger partial charge in [0.1, 0.15) is 19.3 Å². The predicted molar refractivity (Wildman–Crippen MR) is 395 cm³/mol. The molecule has 576 valence electrons. The molecule has 0 heterocycles. The van der Waals surface area contributed by atoms with Crippen LogP contribution in [0.1, 0.15) is 413 Å². The minimum absolute atomic E-state index is 0.108. The van der Waals surface area contributed by atoms with Gasteiger partial charge in [-0.1, -0.05) is 362 Å². The van der Waals surface area contributed by atoms with Crippen molar-refractivity contribution in [1.82, 2.24) is 0 Å². The zero-order chi connectivity index (χ0) is 71.2. The van der Waals surface area contributed by atoms with Gasteiger partial charge in [0.15, 0.2) is 12.2 Å². The first-order valence-electron chi connectivity index (χ1n) is 40.6. The maximum absolute atomic E-state index is 13.1. The molecule has 0 spiro atoms. The number of hydrogen-bond donors (Lipinski definition) is 3. The molecule has 97 heavy (non-hydrogen) atoms. The lowest BCUT2D eigenvalue weighted by Crippen LogP contribution is -2.30. The molecule has 0 saturated carbocycles. The van der Waals surface area contributed by atoms with E-state index in [0.29, 0.717) is 25.7 Å². The van der Waals surface area contributed by atoms with Crippen LogP contribution in [0.3, 0.4) is 0 Å². The largest absolute Gasteiger partial charge is 0.472 e. The molecule has 0 fully saturated rings. The summed E-state index contributed by atoms with van der Waals surface area (Å²) >= 11 is 0. The molecule has 0 aromatic carbocycles. The van der Waals surface area contributed by atoms with Gasteiger partial charge in [-0.3, -0.25) is 37.3 Å². The summed E-state index contributed by atoms with van der Waals surface area (Å²) in [7, 11) is -9.91. The summed E-state index contributed by atoms with van der Waals surface area (Å²) in [5, 5.41) is 10.6. The lowest BCUT2D eigenvalue weighted by atomic mass is 10.0. The van der Waals surface area contributed by atoms with Crippen molar-refractivity contribution in [3.8, 4) is 0 Å². The van der Waals surface area contributed by atoms with Crippen molar-refractivity contribution in [2.75, 3.05) is 39.6 Å². The first-order chi connectivity index (χ1) is 47.0. The first kappa shape index (κ1) is 95.1. The van der Waals surface area contributed by atoms with E-state index in [1.165, 1.54) is 225 Å². The molecule has 0 aliphatic rings. The molecule has 0 amide bonds. The molecule has 0 aromatic rings. The van der Waals surface area contributed by atoms with E-state index in [2.05, 4.69) is 34.6 Å². The van der Waals surface area contributed by atoms with Crippen molar-refractivity contribution in [3.05, 3.63) is 0 Å². The Bertz CT molecular complexity index is 1860. The van der Waals surface area contributed by atoms with Crippen molar-refractivity contribution >= 4 is 39.5 Å². The lowest BCUT2D eigenvalue weighted by Gasteiger charge is -2.21. The third-order valence-corrected chi connectivity index (χ3v) is 20.2. The van der Waals surface area contributed by atoms with E-state index in [-0.39, 0.29) is 25.7 Å². The fraction of sp³-hybridized carbons (Fsp3) is 0.949. The fourth-order valence-electron chi connectivity index (χ4n) is 12.1. The van der Waals surface area contributed by atoms with Crippen LogP contribution >= 0.6 is 15.6 Å². The molecule has 0 rings (SSSR count). The molecule has 0 aliphatic carbocycles. The summed E-state index contributed by atoms with van der Waals surface area (Å²) < 4.78 is 68.5. The average molecular weight is 1420 g/mol. The van der Waals surface area contributed by atoms with Gasteiger partial charge in [0.25, 0.3) is 0 Å². The Morgan fingerprint density at radius 1 is 0.278 bits per heavy atom. The number of rotatable bonds is 78. The Morgan fingerprint density at radius 3 is 0.701 bits per heavy atom. The van der Waals surface area contributed by atoms with Gasteiger partial charge in [-0.25, -0.2) is 9.13 Å². The van der Waals surface area contributed by atoms with Gasteiger partial charge in [0.2, 0.25) is 0 Å². The highest BCUT2D eigenvalue weighted by molar-refractivity contribution is 7.47. The summed E-state index contributed by atoms with van der Waals surface area (Å²) in [6, 6.07) is 0. The van der Waals surface area contributed by atoms with E-state index in [4.69, 9.17) is 37.0 Å². The Balaban J connectivity index is 5.18. The van der Waals surface area contributed by atoms with Crippen LogP contribution in [0.4, 0.5) is 0 Å². The number of ether oxygens (including phenoxy) is 4. The minimum atomic E-state index is -4.96. The van der Waals surface area contributed by atoms with Gasteiger partial charge in [-0.15, -0.1) is 0 Å². The summed E-state index contributed by atoms with van der Waals surface area (Å²) in [6.45, 7) is 7.30. The first-order valence-corrected chi connectivity index (χ1v) is 43.6. The number of carbonyl (C=O) groups excluding carboxylic acids is 4. The summed E-state index contributed by atoms with van der Waals surface area (Å²) in [6.07, 6.45) is 61.1. The van der Waals surface area contributed by atoms with E-state index in [1.54, 1.807) is 0 Å². The molecule has 0 radical (unpaired) electrons. The van der Waals surface area contributed by atoms with Gasteiger partial charge in [-0.05, 0) is 31.6 Å². The van der Waals surface area contributed by atoms with Gasteiger partial charge < -0.3 is 33.8 Å². The smallest absolute Gasteiger partial charge is 0.462 e. The van der Waals surface area contributed by atoms with Crippen molar-refractivity contribution < 1.29 is 80.2 Å². The Kier molecular flexibility index (Phi) is 69.6. The number of phosphoric ester groups is 2. The van der Waals surface area contributed by atoms with E-state index in [9.17, 15) is 43.2 Å². The van der Waals surface area contributed by atoms with Crippen molar-refractivity contribution in [2.24, 2.45) is 5.92 Å². The monoisotopic (exact) mass is 1420 g/mol. The highest BCUT2D eigenvalue weighted by atomic mass is 31.2. The molecule has 0 aromatic heterocycles. The lowest BCUT2D eigenvalue weighted by molar-refractivity contribution is -0.161. The second-order valence-electron chi connectivity index (χ2n) is 28.6. The highest BCUT2D eigenvalue weighted by Gasteiger charge is 2.30. The Labute approximate surface area is 594 Å². The normalized spacial score (nSPS) is 13.9. The van der Waals surface area contributed by atoms with Crippen molar-refractivity contribution in [2.45, 2.75) is 432 Å². The predicted octanol–water partition coefficient (Wildman–Crippen LogP) is 23.3. The van der Waals surface area contributed by atoms with Crippen LogP contribution < -0.4 is 0 Å². The zero-order valence-corrected chi connectivity index (χ0v) is 65.0. The van der Waals surface area contributed by atoms with Crippen LogP contribution in [0.25, 0.3) is 0 Å². The van der Waals surface area contributed by atoms with Crippen LogP contribution in [0.15, 0.2) is 0 Å². The number of esters is 4. The molecule has 5 atom stereocenters. The van der Waals surface area contributed by atoms with E-state index in [0.717, 1.165) is 109 Å². The fourth-order valence-corrected chi connectivity index (χ4v) is 13.6. The SMILES string of the molecule is CCCCCCCCCCCCCCCCCCCC(=O)OC[C@H](COP(=O)(O)OC[C@@H](O)COP(=O)(O)OC[C@@H](COC(=O)CCCCCCCCC)OC(=O)CCCCCCCCCCCCCCCC)OC(=O)CCCCCCCCCCCCCCCCCCC(C)C. The standard InChI is InChI=1S/C78H152O17P2/c1-6-9-12-15-18-20-22-24-26-27-31-35-38-42-47-52-57-62-76(81)89-68-74(95-78(83)64-59-54-49-44-40-36-32-29-28-30-33-37-41-46-50-55-60-71(4)5)70-93-97(86,87)91-66-72(79)65-90-96(84,85)92-69-73(67-88-75(80)61-56-51-45-17-14-11-8-3)94-77(82)63-58-53-48-43-39-34-25-23-21-19-16-13-10-7-2/h71-74,79H,6-70H2,1-5H3,(H,84,85)(H,86,87)/t72-,73+,74+/m0/s1. The van der Waals surface area contributed by atoms with Crippen LogP contribution in [0.2, 0.25) is 0 Å². The molecule has 3 N–H and O–H groups in total. The topological polar surface area (TPSA) is 237 Å². The minimum Gasteiger partial charge on any atom is -0.462 e. The van der Waals surface area contributed by atoms with Gasteiger partial charge in [0, 0.05) is 25.7 Å². The van der Waals surface area contributed by atoms with Crippen LogP contribution in [-0.2, 0) is 65.4 Å². The molecule has 19 heteroatoms. The Morgan fingerprint density at radius 2 is 0.474 bits per heavy atom. The quantitative estimate of drug-likeness (QED) is 0.0222. The third kappa shape index (κ3) is 72.2. The van der Waals surface area contributed by atoms with Gasteiger partial charge in [0.05, 0.1) is 26.4 Å². The van der Waals surface area contributed by atoms with Crippen LogP contribution in [-0.4, -0.2) is 96.7 Å². The summed E-state index contributed by atoms with van der Waals surface area (Å²) in [5.41, 5.74) is 0. The summed E-state index contributed by atoms with van der Waals surface area (Å²) in [5.74, 6) is -1.30. The number of aliphatic hydroxyl groups excluding tert-OH is 1. The molecule has 2 unspecified atom stereocenters. The number of hydrogen-bond acceptors (Lipinski definition) is 15. The molecule has 0 bridgehead atoms. The van der Waals surface area contributed by atoms with Gasteiger partial charge >= 0.3 is 39.5 Å². The Hall–Kier alpha value is -1.94. The van der Waals surface area contributed by atoms with Crippen molar-refractivity contribution in [1.29, 1.82) is 0 Å².